The summed E-state index contributed by atoms with van der Waals surface area (Å²) in [7, 11) is 1.57. The number of aromatic nitrogens is 3. The van der Waals surface area contributed by atoms with Crippen LogP contribution in [0.25, 0.3) is 27.6 Å². The number of para-hydroxylation sites is 1. The van der Waals surface area contributed by atoms with Gasteiger partial charge in [-0.3, -0.25) is 4.79 Å². The van der Waals surface area contributed by atoms with Crippen LogP contribution in [0, 0.1) is 12.7 Å². The molecule has 0 spiro atoms. The van der Waals surface area contributed by atoms with Crippen molar-refractivity contribution in [3.8, 4) is 11.4 Å². The maximum Gasteiger partial charge on any atom is 0.283 e. The van der Waals surface area contributed by atoms with Crippen molar-refractivity contribution in [1.29, 1.82) is 0 Å². The van der Waals surface area contributed by atoms with Gasteiger partial charge in [-0.2, -0.15) is 0 Å². The Morgan fingerprint density at radius 1 is 1.09 bits per heavy atom. The third kappa shape index (κ3) is 3.44. The Labute approximate surface area is 187 Å². The number of thioether (sulfide) groups is 1. The number of fused-ring (bicyclic) bond motifs is 3. The first-order valence-corrected chi connectivity index (χ1v) is 11.1. The SMILES string of the molecule is COc1ccc(C)cc1-n1c(SCc2ccccc2F)nc2c([nH]c3ccccc32)c1=O. The predicted molar refractivity (Wildman–Crippen MR) is 126 cm³/mol. The number of halogens is 1. The van der Waals surface area contributed by atoms with Gasteiger partial charge in [-0.05, 0) is 42.3 Å². The Bertz CT molecular complexity index is 1520. The second-order valence-electron chi connectivity index (χ2n) is 7.48. The first-order chi connectivity index (χ1) is 15.6. The van der Waals surface area contributed by atoms with Crippen molar-refractivity contribution in [2.45, 2.75) is 17.8 Å². The van der Waals surface area contributed by atoms with Crippen LogP contribution in [0.4, 0.5) is 4.39 Å². The summed E-state index contributed by atoms with van der Waals surface area (Å²) >= 11 is 1.32. The van der Waals surface area contributed by atoms with Crippen molar-refractivity contribution in [1.82, 2.24) is 14.5 Å². The predicted octanol–water partition coefficient (Wildman–Crippen LogP) is 5.62. The average molecular weight is 446 g/mol. The van der Waals surface area contributed by atoms with Crippen molar-refractivity contribution in [2.24, 2.45) is 0 Å². The highest BCUT2D eigenvalue weighted by Gasteiger charge is 2.20. The minimum atomic E-state index is -0.282. The lowest BCUT2D eigenvalue weighted by atomic mass is 10.2. The molecule has 0 aliphatic rings. The molecule has 0 unspecified atom stereocenters. The molecule has 160 valence electrons. The topological polar surface area (TPSA) is 59.9 Å². The molecule has 0 atom stereocenters. The van der Waals surface area contributed by atoms with Crippen LogP contribution >= 0.6 is 11.8 Å². The molecule has 0 saturated carbocycles. The molecule has 0 fully saturated rings. The van der Waals surface area contributed by atoms with E-state index in [1.807, 2.05) is 49.4 Å². The number of methoxy groups -OCH3 is 1. The number of nitrogens with one attached hydrogen (secondary N) is 1. The quantitative estimate of drug-likeness (QED) is 0.282. The number of H-pyrrole nitrogens is 1. The van der Waals surface area contributed by atoms with Gasteiger partial charge in [0.15, 0.2) is 5.16 Å². The van der Waals surface area contributed by atoms with Crippen LogP contribution in [-0.2, 0) is 5.75 Å². The molecule has 2 heterocycles. The molecule has 1 N–H and O–H groups in total. The number of aromatic amines is 1. The lowest BCUT2D eigenvalue weighted by molar-refractivity contribution is 0.411. The molecule has 2 aromatic heterocycles. The zero-order valence-electron chi connectivity index (χ0n) is 17.6. The molecular formula is C25H20FN3O2S. The summed E-state index contributed by atoms with van der Waals surface area (Å²) < 4.78 is 21.4. The Kier molecular flexibility index (Phi) is 5.19. The summed E-state index contributed by atoms with van der Waals surface area (Å²) in [5.41, 5.74) is 3.76. The van der Waals surface area contributed by atoms with Gasteiger partial charge in [0.05, 0.1) is 12.8 Å². The van der Waals surface area contributed by atoms with E-state index in [1.54, 1.807) is 29.9 Å². The van der Waals surface area contributed by atoms with Gasteiger partial charge >= 0.3 is 0 Å². The van der Waals surface area contributed by atoms with Crippen LogP contribution in [0.15, 0.2) is 76.7 Å². The third-order valence-corrected chi connectivity index (χ3v) is 6.37. The van der Waals surface area contributed by atoms with Crippen LogP contribution in [0.5, 0.6) is 5.75 Å². The van der Waals surface area contributed by atoms with E-state index in [1.165, 1.54) is 17.8 Å². The maximum atomic E-state index is 14.3. The Hall–Kier alpha value is -3.58. The fourth-order valence-corrected chi connectivity index (χ4v) is 4.77. The van der Waals surface area contributed by atoms with Crippen LogP contribution in [-0.4, -0.2) is 21.6 Å². The van der Waals surface area contributed by atoms with Crippen molar-refractivity contribution in [3.63, 3.8) is 0 Å². The highest BCUT2D eigenvalue weighted by atomic mass is 32.2. The van der Waals surface area contributed by atoms with E-state index in [2.05, 4.69) is 4.98 Å². The molecule has 0 aliphatic carbocycles. The summed E-state index contributed by atoms with van der Waals surface area (Å²) in [6.07, 6.45) is 0. The second kappa shape index (κ2) is 8.16. The lowest BCUT2D eigenvalue weighted by Gasteiger charge is -2.16. The van der Waals surface area contributed by atoms with Crippen molar-refractivity contribution >= 4 is 33.7 Å². The van der Waals surface area contributed by atoms with E-state index >= 15 is 0 Å². The number of hydrogen-bond acceptors (Lipinski definition) is 4. The largest absolute Gasteiger partial charge is 0.495 e. The molecule has 5 rings (SSSR count). The van der Waals surface area contributed by atoms with Gasteiger partial charge in [0, 0.05) is 16.7 Å². The molecule has 7 heteroatoms. The monoisotopic (exact) mass is 445 g/mol. The molecule has 32 heavy (non-hydrogen) atoms. The summed E-state index contributed by atoms with van der Waals surface area (Å²) in [6, 6.07) is 20.0. The minimum Gasteiger partial charge on any atom is -0.495 e. The normalized spacial score (nSPS) is 11.3. The molecule has 0 saturated heterocycles. The van der Waals surface area contributed by atoms with Gasteiger partial charge in [0.25, 0.3) is 5.56 Å². The molecule has 0 bridgehead atoms. The number of nitrogens with zero attached hydrogens (tertiary/aromatic N) is 2. The van der Waals surface area contributed by atoms with E-state index in [0.29, 0.717) is 38.9 Å². The zero-order chi connectivity index (χ0) is 22.2. The van der Waals surface area contributed by atoms with Crippen molar-refractivity contribution in [3.05, 3.63) is 94.0 Å². The lowest BCUT2D eigenvalue weighted by Crippen LogP contribution is -2.22. The molecule has 5 nitrogen and oxygen atoms in total. The molecule has 0 aliphatic heterocycles. The Balaban J connectivity index is 1.77. The van der Waals surface area contributed by atoms with Crippen LogP contribution < -0.4 is 10.3 Å². The minimum absolute atomic E-state index is 0.230. The van der Waals surface area contributed by atoms with Gasteiger partial charge in [-0.1, -0.05) is 54.2 Å². The van der Waals surface area contributed by atoms with Gasteiger partial charge in [-0.15, -0.1) is 0 Å². The van der Waals surface area contributed by atoms with Crippen LogP contribution in [0.3, 0.4) is 0 Å². The zero-order valence-corrected chi connectivity index (χ0v) is 18.4. The van der Waals surface area contributed by atoms with Crippen molar-refractivity contribution in [2.75, 3.05) is 7.11 Å². The number of hydrogen-bond donors (Lipinski definition) is 1. The number of aryl methyl sites for hydroxylation is 1. The van der Waals surface area contributed by atoms with Crippen LogP contribution in [0.2, 0.25) is 0 Å². The summed E-state index contributed by atoms with van der Waals surface area (Å²) in [4.78, 5) is 21.8. The van der Waals surface area contributed by atoms with Gasteiger partial charge < -0.3 is 9.72 Å². The smallest absolute Gasteiger partial charge is 0.283 e. The Morgan fingerprint density at radius 2 is 1.88 bits per heavy atom. The first-order valence-electron chi connectivity index (χ1n) is 10.1. The van der Waals surface area contributed by atoms with E-state index < -0.39 is 0 Å². The molecule has 3 aromatic carbocycles. The molecule has 0 radical (unpaired) electrons. The van der Waals surface area contributed by atoms with Gasteiger partial charge in [0.2, 0.25) is 0 Å². The summed E-state index contributed by atoms with van der Waals surface area (Å²) in [6.45, 7) is 1.95. The Morgan fingerprint density at radius 3 is 2.69 bits per heavy atom. The van der Waals surface area contributed by atoms with E-state index in [-0.39, 0.29) is 11.4 Å². The molecule has 0 amide bonds. The standard InChI is InChI=1S/C25H20FN3O2S/c1-15-11-12-21(31-2)20(13-15)29-24(30)23-22(17-8-4-6-10-19(17)27-23)28-25(29)32-14-16-7-3-5-9-18(16)26/h3-13,27H,14H2,1-2H3. The van der Waals surface area contributed by atoms with Crippen molar-refractivity contribution < 1.29 is 9.13 Å². The number of rotatable bonds is 5. The van der Waals surface area contributed by atoms with Gasteiger partial charge in [0.1, 0.15) is 22.6 Å². The van der Waals surface area contributed by atoms with Crippen LogP contribution in [0.1, 0.15) is 11.1 Å². The van der Waals surface area contributed by atoms with E-state index in [9.17, 15) is 9.18 Å². The maximum absolute atomic E-state index is 14.3. The number of ether oxygens (including phenoxy) is 1. The van der Waals surface area contributed by atoms with E-state index in [4.69, 9.17) is 9.72 Å². The fraction of sp³-hybridized carbons (Fsp3) is 0.120. The third-order valence-electron chi connectivity index (χ3n) is 5.38. The molecule has 5 aromatic rings. The second-order valence-corrected chi connectivity index (χ2v) is 8.43. The summed E-state index contributed by atoms with van der Waals surface area (Å²) in [5, 5.41) is 1.34. The number of benzene rings is 3. The fourth-order valence-electron chi connectivity index (χ4n) is 3.78. The summed E-state index contributed by atoms with van der Waals surface area (Å²) in [5.74, 6) is 0.610. The highest BCUT2D eigenvalue weighted by Crippen LogP contribution is 2.31. The van der Waals surface area contributed by atoms with E-state index in [0.717, 1.165) is 16.5 Å². The van der Waals surface area contributed by atoms with Gasteiger partial charge in [-0.25, -0.2) is 13.9 Å². The highest BCUT2D eigenvalue weighted by molar-refractivity contribution is 7.98. The first kappa shape index (κ1) is 20.3. The average Bonchev–Trinajstić information content (AvgIpc) is 3.18. The molecular weight excluding hydrogens is 425 g/mol.